The molecule has 0 aliphatic rings. The Kier molecular flexibility index (Phi) is 4.28. The Labute approximate surface area is 102 Å². The molecule has 0 heterocycles. The maximum atomic E-state index is 11.6. The fourth-order valence-electron chi connectivity index (χ4n) is 1.29. The molecular formula is C12H17NO3S. The molecule has 1 aromatic rings. The molecule has 94 valence electrons. The van der Waals surface area contributed by atoms with E-state index in [2.05, 4.69) is 13.8 Å². The summed E-state index contributed by atoms with van der Waals surface area (Å²) in [7, 11) is -3.49. The van der Waals surface area contributed by atoms with E-state index >= 15 is 0 Å². The first kappa shape index (κ1) is 13.7. The van der Waals surface area contributed by atoms with Gasteiger partial charge in [0.05, 0.1) is 5.75 Å². The highest BCUT2D eigenvalue weighted by Crippen LogP contribution is 2.14. The number of carbonyl (C=O) groups excluding carboxylic acids is 1. The molecule has 1 N–H and O–H groups in total. The predicted molar refractivity (Wildman–Crippen MR) is 67.5 cm³/mol. The monoisotopic (exact) mass is 255 g/mol. The van der Waals surface area contributed by atoms with E-state index < -0.39 is 15.9 Å². The highest BCUT2D eigenvalue weighted by Gasteiger charge is 2.13. The molecule has 0 atom stereocenters. The summed E-state index contributed by atoms with van der Waals surface area (Å²) in [6, 6.07) is 6.93. The summed E-state index contributed by atoms with van der Waals surface area (Å²) in [4.78, 5) is 11.6. The van der Waals surface area contributed by atoms with Gasteiger partial charge in [-0.2, -0.15) is 0 Å². The van der Waals surface area contributed by atoms with Crippen LogP contribution in [0.25, 0.3) is 0 Å². The Morgan fingerprint density at radius 3 is 2.18 bits per heavy atom. The fraction of sp³-hybridized carbons (Fsp3) is 0.417. The van der Waals surface area contributed by atoms with Gasteiger partial charge in [0, 0.05) is 5.56 Å². The molecule has 0 radical (unpaired) electrons. The van der Waals surface area contributed by atoms with E-state index in [-0.39, 0.29) is 5.75 Å². The van der Waals surface area contributed by atoms with E-state index in [1.807, 2.05) is 16.9 Å². The highest BCUT2D eigenvalue weighted by molar-refractivity contribution is 7.90. The van der Waals surface area contributed by atoms with Crippen molar-refractivity contribution < 1.29 is 13.2 Å². The van der Waals surface area contributed by atoms with Gasteiger partial charge in [0.25, 0.3) is 5.91 Å². The Bertz CT molecular complexity index is 489. The topological polar surface area (TPSA) is 63.2 Å². The molecule has 0 unspecified atom stereocenters. The Hall–Kier alpha value is -1.36. The minimum Gasteiger partial charge on any atom is -0.268 e. The number of sulfonamides is 1. The van der Waals surface area contributed by atoms with Crippen molar-refractivity contribution in [2.75, 3.05) is 5.75 Å². The third-order valence-corrected chi connectivity index (χ3v) is 3.72. The van der Waals surface area contributed by atoms with Crippen molar-refractivity contribution in [3.63, 3.8) is 0 Å². The van der Waals surface area contributed by atoms with Crippen molar-refractivity contribution in [1.29, 1.82) is 0 Å². The minimum atomic E-state index is -3.49. The molecule has 1 amide bonds. The van der Waals surface area contributed by atoms with Crippen molar-refractivity contribution >= 4 is 15.9 Å². The lowest BCUT2D eigenvalue weighted by Crippen LogP contribution is -2.31. The van der Waals surface area contributed by atoms with Gasteiger partial charge in [-0.1, -0.05) is 26.0 Å². The lowest BCUT2D eigenvalue weighted by atomic mass is 10.0. The second kappa shape index (κ2) is 5.31. The first-order valence-corrected chi connectivity index (χ1v) is 7.15. The summed E-state index contributed by atoms with van der Waals surface area (Å²) in [6.07, 6.45) is 0. The quantitative estimate of drug-likeness (QED) is 0.893. The van der Waals surface area contributed by atoms with E-state index in [4.69, 9.17) is 0 Å². The molecule has 4 nitrogen and oxygen atoms in total. The minimum absolute atomic E-state index is 0.108. The van der Waals surface area contributed by atoms with Gasteiger partial charge in [-0.15, -0.1) is 0 Å². The van der Waals surface area contributed by atoms with Crippen LogP contribution >= 0.6 is 0 Å². The zero-order valence-electron chi connectivity index (χ0n) is 10.2. The van der Waals surface area contributed by atoms with Crippen LogP contribution in [0, 0.1) is 0 Å². The molecule has 0 aliphatic heterocycles. The first-order chi connectivity index (χ1) is 7.85. The molecule has 0 aliphatic carbocycles. The van der Waals surface area contributed by atoms with E-state index in [1.165, 1.54) is 6.92 Å². The number of rotatable bonds is 4. The zero-order chi connectivity index (χ0) is 13.1. The van der Waals surface area contributed by atoms with Crippen LogP contribution in [0.15, 0.2) is 24.3 Å². The van der Waals surface area contributed by atoms with Crippen LogP contribution in [0.2, 0.25) is 0 Å². The van der Waals surface area contributed by atoms with E-state index in [9.17, 15) is 13.2 Å². The molecule has 0 spiro atoms. The van der Waals surface area contributed by atoms with Gasteiger partial charge in [0.1, 0.15) is 0 Å². The number of nitrogens with one attached hydrogen (secondary N) is 1. The summed E-state index contributed by atoms with van der Waals surface area (Å²) in [5, 5.41) is 0. The van der Waals surface area contributed by atoms with Crippen LogP contribution in [0.1, 0.15) is 42.6 Å². The maximum absolute atomic E-state index is 11.6. The van der Waals surface area contributed by atoms with Crippen molar-refractivity contribution in [2.24, 2.45) is 0 Å². The first-order valence-electron chi connectivity index (χ1n) is 5.50. The summed E-state index contributed by atoms with van der Waals surface area (Å²) in [5.74, 6) is -0.309. The van der Waals surface area contributed by atoms with E-state index in [1.54, 1.807) is 12.1 Å². The van der Waals surface area contributed by atoms with Crippen molar-refractivity contribution in [3.05, 3.63) is 35.4 Å². The Morgan fingerprint density at radius 1 is 1.24 bits per heavy atom. The number of carbonyl (C=O) groups is 1. The molecule has 1 aromatic carbocycles. The molecule has 0 bridgehead atoms. The summed E-state index contributed by atoms with van der Waals surface area (Å²) < 4.78 is 24.5. The summed E-state index contributed by atoms with van der Waals surface area (Å²) >= 11 is 0. The van der Waals surface area contributed by atoms with Gasteiger partial charge < -0.3 is 0 Å². The van der Waals surface area contributed by atoms with E-state index in [0.29, 0.717) is 11.5 Å². The number of benzene rings is 1. The van der Waals surface area contributed by atoms with Gasteiger partial charge in [-0.25, -0.2) is 13.1 Å². The number of hydrogen-bond donors (Lipinski definition) is 1. The summed E-state index contributed by atoms with van der Waals surface area (Å²) in [5.41, 5.74) is 1.46. The van der Waals surface area contributed by atoms with Crippen LogP contribution in [-0.4, -0.2) is 20.1 Å². The van der Waals surface area contributed by atoms with Gasteiger partial charge >= 0.3 is 0 Å². The van der Waals surface area contributed by atoms with Gasteiger partial charge in [-0.05, 0) is 30.5 Å². The lowest BCUT2D eigenvalue weighted by molar-refractivity contribution is 0.0981. The second-order valence-corrected chi connectivity index (χ2v) is 6.12. The molecule has 0 aromatic heterocycles. The molecule has 1 rings (SSSR count). The van der Waals surface area contributed by atoms with Crippen molar-refractivity contribution in [3.8, 4) is 0 Å². The van der Waals surface area contributed by atoms with E-state index in [0.717, 1.165) is 5.56 Å². The zero-order valence-corrected chi connectivity index (χ0v) is 11.0. The normalized spacial score (nSPS) is 11.5. The third kappa shape index (κ3) is 3.85. The molecule has 17 heavy (non-hydrogen) atoms. The van der Waals surface area contributed by atoms with Gasteiger partial charge in [0.15, 0.2) is 0 Å². The standard InChI is InChI=1S/C12H17NO3S/c1-4-17(15,16)13-12(14)11-7-5-10(6-8-11)9(2)3/h5-9H,4H2,1-3H3,(H,13,14). The Balaban J connectivity index is 2.84. The van der Waals surface area contributed by atoms with Crippen molar-refractivity contribution in [1.82, 2.24) is 4.72 Å². The predicted octanol–water partition coefficient (Wildman–Crippen LogP) is 1.89. The van der Waals surface area contributed by atoms with Crippen LogP contribution in [0.3, 0.4) is 0 Å². The smallest absolute Gasteiger partial charge is 0.264 e. The number of hydrogen-bond acceptors (Lipinski definition) is 3. The highest BCUT2D eigenvalue weighted by atomic mass is 32.2. The Morgan fingerprint density at radius 2 is 1.76 bits per heavy atom. The van der Waals surface area contributed by atoms with Crippen LogP contribution < -0.4 is 4.72 Å². The maximum Gasteiger partial charge on any atom is 0.264 e. The van der Waals surface area contributed by atoms with Crippen LogP contribution in [0.4, 0.5) is 0 Å². The number of amides is 1. The lowest BCUT2D eigenvalue weighted by Gasteiger charge is -2.07. The van der Waals surface area contributed by atoms with Crippen LogP contribution in [-0.2, 0) is 10.0 Å². The molecular weight excluding hydrogens is 238 g/mol. The SMILES string of the molecule is CCS(=O)(=O)NC(=O)c1ccc(C(C)C)cc1. The molecule has 0 saturated heterocycles. The molecule has 0 fully saturated rings. The molecule has 0 saturated carbocycles. The van der Waals surface area contributed by atoms with Crippen LogP contribution in [0.5, 0.6) is 0 Å². The van der Waals surface area contributed by atoms with Crippen molar-refractivity contribution in [2.45, 2.75) is 26.7 Å². The summed E-state index contributed by atoms with van der Waals surface area (Å²) in [6.45, 7) is 5.59. The second-order valence-electron chi connectivity index (χ2n) is 4.11. The fourth-order valence-corrected chi connectivity index (χ4v) is 1.84. The van der Waals surface area contributed by atoms with Gasteiger partial charge in [0.2, 0.25) is 10.0 Å². The average Bonchev–Trinajstić information content (AvgIpc) is 2.28. The van der Waals surface area contributed by atoms with Gasteiger partial charge in [-0.3, -0.25) is 4.79 Å². The molecule has 5 heteroatoms. The largest absolute Gasteiger partial charge is 0.268 e. The average molecular weight is 255 g/mol. The third-order valence-electron chi connectivity index (χ3n) is 2.47.